The summed E-state index contributed by atoms with van der Waals surface area (Å²) in [4.78, 5) is 11.7. The number of thiophene rings is 1. The van der Waals surface area contributed by atoms with E-state index in [4.69, 9.17) is 23.2 Å². The van der Waals surface area contributed by atoms with Gasteiger partial charge < -0.3 is 4.90 Å². The fourth-order valence-electron chi connectivity index (χ4n) is 2.98. The number of sulfonamides is 1. The van der Waals surface area contributed by atoms with Crippen molar-refractivity contribution in [1.29, 1.82) is 0 Å². The zero-order chi connectivity index (χ0) is 18.3. The molecule has 10 heteroatoms. The van der Waals surface area contributed by atoms with Crippen molar-refractivity contribution in [2.75, 3.05) is 31.1 Å². The molecule has 3 heterocycles. The standard InChI is InChI=1S/C16H14Cl2N4O2S2/c17-11-1-2-13(18)14(9-11)26(23,24)22-6-4-21(5-7-22)15-12-3-8-25-16(12)20-10-19-15/h1-3,8-10H,4-7H2. The molecule has 0 bridgehead atoms. The number of nitrogens with zero attached hydrogens (tertiary/aromatic N) is 4. The van der Waals surface area contributed by atoms with Crippen LogP contribution in [0.2, 0.25) is 10.0 Å². The summed E-state index contributed by atoms with van der Waals surface area (Å²) in [7, 11) is -3.69. The molecule has 0 amide bonds. The number of hydrogen-bond donors (Lipinski definition) is 0. The fourth-order valence-corrected chi connectivity index (χ4v) is 5.87. The van der Waals surface area contributed by atoms with Crippen molar-refractivity contribution in [2.45, 2.75) is 4.90 Å². The van der Waals surface area contributed by atoms with Gasteiger partial charge in [0.1, 0.15) is 21.9 Å². The van der Waals surface area contributed by atoms with Crippen molar-refractivity contribution < 1.29 is 8.42 Å². The minimum absolute atomic E-state index is 0.0439. The molecule has 6 nitrogen and oxygen atoms in total. The maximum Gasteiger partial charge on any atom is 0.244 e. The highest BCUT2D eigenvalue weighted by atomic mass is 35.5. The predicted octanol–water partition coefficient (Wildman–Crippen LogP) is 3.51. The van der Waals surface area contributed by atoms with Gasteiger partial charge in [-0.05, 0) is 29.6 Å². The van der Waals surface area contributed by atoms with Crippen molar-refractivity contribution >= 4 is 60.6 Å². The van der Waals surface area contributed by atoms with Crippen molar-refractivity contribution in [2.24, 2.45) is 0 Å². The quantitative estimate of drug-likeness (QED) is 0.638. The molecule has 1 aromatic carbocycles. The first-order chi connectivity index (χ1) is 12.5. The lowest BCUT2D eigenvalue weighted by atomic mass is 10.3. The number of halogens is 2. The van der Waals surface area contributed by atoms with E-state index in [1.807, 2.05) is 11.4 Å². The summed E-state index contributed by atoms with van der Waals surface area (Å²) in [5.41, 5.74) is 0. The van der Waals surface area contributed by atoms with Crippen LogP contribution in [-0.4, -0.2) is 48.9 Å². The molecule has 136 valence electrons. The number of hydrogen-bond acceptors (Lipinski definition) is 6. The molecule has 3 aromatic rings. The van der Waals surface area contributed by atoms with Crippen LogP contribution >= 0.6 is 34.5 Å². The zero-order valence-electron chi connectivity index (χ0n) is 13.5. The second kappa shape index (κ2) is 6.94. The Kier molecular flexibility index (Phi) is 4.79. The fraction of sp³-hybridized carbons (Fsp3) is 0.250. The van der Waals surface area contributed by atoms with Gasteiger partial charge in [-0.2, -0.15) is 4.31 Å². The van der Waals surface area contributed by atoms with Gasteiger partial charge in [0.15, 0.2) is 0 Å². The normalized spacial score (nSPS) is 16.3. The Bertz CT molecular complexity index is 1060. The molecule has 1 fully saturated rings. The molecule has 0 atom stereocenters. The summed E-state index contributed by atoms with van der Waals surface area (Å²) in [5, 5.41) is 3.48. The number of anilines is 1. The molecule has 1 aliphatic heterocycles. The van der Waals surface area contributed by atoms with Gasteiger partial charge in [-0.1, -0.05) is 23.2 Å². The Hall–Kier alpha value is -1.45. The molecule has 0 unspecified atom stereocenters. The van der Waals surface area contributed by atoms with Crippen LogP contribution in [0.5, 0.6) is 0 Å². The molecule has 0 spiro atoms. The summed E-state index contributed by atoms with van der Waals surface area (Å²) >= 11 is 13.6. The third-order valence-electron chi connectivity index (χ3n) is 4.29. The van der Waals surface area contributed by atoms with E-state index in [-0.39, 0.29) is 9.92 Å². The van der Waals surface area contributed by atoms with Crippen molar-refractivity contribution in [3.63, 3.8) is 0 Å². The van der Waals surface area contributed by atoms with Gasteiger partial charge in [-0.3, -0.25) is 0 Å². The molecule has 0 N–H and O–H groups in total. The second-order valence-electron chi connectivity index (χ2n) is 5.80. The van der Waals surface area contributed by atoms with E-state index >= 15 is 0 Å². The third-order valence-corrected chi connectivity index (χ3v) is 7.73. The summed E-state index contributed by atoms with van der Waals surface area (Å²) in [6, 6.07) is 6.46. The van der Waals surface area contributed by atoms with Crippen molar-refractivity contribution in [1.82, 2.24) is 14.3 Å². The van der Waals surface area contributed by atoms with Crippen LogP contribution < -0.4 is 4.90 Å². The summed E-state index contributed by atoms with van der Waals surface area (Å²) < 4.78 is 27.3. The highest BCUT2D eigenvalue weighted by molar-refractivity contribution is 7.89. The van der Waals surface area contributed by atoms with Crippen LogP contribution in [0.4, 0.5) is 5.82 Å². The largest absolute Gasteiger partial charge is 0.353 e. The molecule has 4 rings (SSSR count). The number of fused-ring (bicyclic) bond motifs is 1. The summed E-state index contributed by atoms with van der Waals surface area (Å²) in [6.07, 6.45) is 1.54. The van der Waals surface area contributed by atoms with E-state index < -0.39 is 10.0 Å². The second-order valence-corrected chi connectivity index (χ2v) is 9.45. The van der Waals surface area contributed by atoms with Crippen molar-refractivity contribution in [3.8, 4) is 0 Å². The third kappa shape index (κ3) is 3.16. The lowest BCUT2D eigenvalue weighted by molar-refractivity contribution is 0.384. The SMILES string of the molecule is O=S(=O)(c1cc(Cl)ccc1Cl)N1CCN(c2ncnc3sccc23)CC1. The van der Waals surface area contributed by atoms with Gasteiger partial charge in [-0.15, -0.1) is 11.3 Å². The number of benzene rings is 1. The Balaban J connectivity index is 1.56. The van der Waals surface area contributed by atoms with Crippen LogP contribution in [0, 0.1) is 0 Å². The average Bonchev–Trinajstić information content (AvgIpc) is 3.12. The monoisotopic (exact) mass is 428 g/mol. The smallest absolute Gasteiger partial charge is 0.244 e. The van der Waals surface area contributed by atoms with E-state index in [2.05, 4.69) is 14.9 Å². The van der Waals surface area contributed by atoms with E-state index in [1.165, 1.54) is 16.4 Å². The molecule has 26 heavy (non-hydrogen) atoms. The maximum atomic E-state index is 12.9. The van der Waals surface area contributed by atoms with E-state index in [0.29, 0.717) is 31.2 Å². The molecule has 1 aliphatic rings. The minimum Gasteiger partial charge on any atom is -0.353 e. The molecule has 0 saturated carbocycles. The van der Waals surface area contributed by atoms with E-state index in [9.17, 15) is 8.42 Å². The Morgan fingerprint density at radius 2 is 1.81 bits per heavy atom. The topological polar surface area (TPSA) is 66.4 Å². The Labute approximate surface area is 165 Å². The molecule has 0 radical (unpaired) electrons. The van der Waals surface area contributed by atoms with Crippen LogP contribution in [0.15, 0.2) is 40.9 Å². The highest BCUT2D eigenvalue weighted by Gasteiger charge is 2.31. The molecule has 0 aliphatic carbocycles. The van der Waals surface area contributed by atoms with Gasteiger partial charge in [0, 0.05) is 31.2 Å². The Morgan fingerprint density at radius 1 is 1.04 bits per heavy atom. The highest BCUT2D eigenvalue weighted by Crippen LogP contribution is 2.30. The van der Waals surface area contributed by atoms with Crippen LogP contribution in [-0.2, 0) is 10.0 Å². The van der Waals surface area contributed by atoms with Crippen LogP contribution in [0.25, 0.3) is 10.2 Å². The summed E-state index contributed by atoms with van der Waals surface area (Å²) in [6.45, 7) is 1.78. The lowest BCUT2D eigenvalue weighted by Crippen LogP contribution is -2.49. The van der Waals surface area contributed by atoms with Gasteiger partial charge in [0.05, 0.1) is 10.4 Å². The van der Waals surface area contributed by atoms with Crippen LogP contribution in [0.1, 0.15) is 0 Å². The minimum atomic E-state index is -3.69. The van der Waals surface area contributed by atoms with Gasteiger partial charge >= 0.3 is 0 Å². The molecular weight excluding hydrogens is 415 g/mol. The molecular formula is C16H14Cl2N4O2S2. The number of rotatable bonds is 3. The number of aromatic nitrogens is 2. The molecule has 2 aromatic heterocycles. The first-order valence-corrected chi connectivity index (χ1v) is 10.9. The van der Waals surface area contributed by atoms with Gasteiger partial charge in [0.25, 0.3) is 0 Å². The lowest BCUT2D eigenvalue weighted by Gasteiger charge is -2.35. The molecule has 1 saturated heterocycles. The first-order valence-electron chi connectivity index (χ1n) is 7.85. The number of piperazine rings is 1. The van der Waals surface area contributed by atoms with Gasteiger partial charge in [0.2, 0.25) is 10.0 Å². The van der Waals surface area contributed by atoms with Crippen molar-refractivity contribution in [3.05, 3.63) is 46.0 Å². The zero-order valence-corrected chi connectivity index (χ0v) is 16.6. The predicted molar refractivity (Wildman–Crippen MR) is 105 cm³/mol. The Morgan fingerprint density at radius 3 is 2.58 bits per heavy atom. The average molecular weight is 429 g/mol. The summed E-state index contributed by atoms with van der Waals surface area (Å²) in [5.74, 6) is 0.842. The van der Waals surface area contributed by atoms with Crippen LogP contribution in [0.3, 0.4) is 0 Å². The first kappa shape index (κ1) is 17.9. The maximum absolute atomic E-state index is 12.9. The van der Waals surface area contributed by atoms with E-state index in [0.717, 1.165) is 16.0 Å². The van der Waals surface area contributed by atoms with E-state index in [1.54, 1.807) is 23.7 Å². The van der Waals surface area contributed by atoms with Gasteiger partial charge in [-0.25, -0.2) is 18.4 Å².